The van der Waals surface area contributed by atoms with Gasteiger partial charge in [-0.2, -0.15) is 0 Å². The van der Waals surface area contributed by atoms with Crippen LogP contribution in [0.4, 0.5) is 0 Å². The largest absolute Gasteiger partial charge is 0.385 e. The van der Waals surface area contributed by atoms with E-state index in [-0.39, 0.29) is 0 Å². The van der Waals surface area contributed by atoms with Crippen molar-refractivity contribution in [3.05, 3.63) is 0 Å². The summed E-state index contributed by atoms with van der Waals surface area (Å²) in [7, 11) is 3.54. The van der Waals surface area contributed by atoms with E-state index in [1.54, 1.807) is 14.2 Å². The van der Waals surface area contributed by atoms with Crippen LogP contribution in [0.15, 0.2) is 0 Å². The second kappa shape index (κ2) is 11.6. The Bertz CT molecular complexity index is 199. The molecule has 1 aliphatic rings. The van der Waals surface area contributed by atoms with E-state index in [0.29, 0.717) is 0 Å². The van der Waals surface area contributed by atoms with Crippen molar-refractivity contribution in [2.24, 2.45) is 0 Å². The van der Waals surface area contributed by atoms with Crippen LogP contribution in [0.1, 0.15) is 38.5 Å². The first-order valence-corrected chi connectivity index (χ1v) is 7.80. The lowest BCUT2D eigenvalue weighted by Gasteiger charge is -2.21. The predicted molar refractivity (Wildman–Crippen MR) is 79.7 cm³/mol. The number of rotatable bonds is 14. The van der Waals surface area contributed by atoms with Crippen LogP contribution in [-0.2, 0) is 9.47 Å². The maximum Gasteiger partial charge on any atom is 0.0589 e. The molecule has 0 aliphatic heterocycles. The van der Waals surface area contributed by atoms with E-state index in [2.05, 4.69) is 10.2 Å². The molecule has 0 spiro atoms. The summed E-state index contributed by atoms with van der Waals surface area (Å²) >= 11 is 0. The fraction of sp³-hybridized carbons (Fsp3) is 1.00. The van der Waals surface area contributed by atoms with E-state index in [1.807, 2.05) is 0 Å². The van der Waals surface area contributed by atoms with Crippen LogP contribution in [0.2, 0.25) is 0 Å². The molecule has 19 heavy (non-hydrogen) atoms. The van der Waals surface area contributed by atoms with Gasteiger partial charge in [0.05, 0.1) is 6.61 Å². The Labute approximate surface area is 118 Å². The Morgan fingerprint density at radius 1 is 0.895 bits per heavy atom. The summed E-state index contributed by atoms with van der Waals surface area (Å²) in [6.45, 7) is 6.24. The monoisotopic (exact) mass is 272 g/mol. The molecular weight excluding hydrogens is 240 g/mol. The first-order chi connectivity index (χ1) is 9.36. The van der Waals surface area contributed by atoms with Gasteiger partial charge in [-0.15, -0.1) is 0 Å². The molecule has 1 aliphatic carbocycles. The van der Waals surface area contributed by atoms with Gasteiger partial charge in [0.25, 0.3) is 0 Å². The van der Waals surface area contributed by atoms with Crippen LogP contribution in [0.3, 0.4) is 0 Å². The van der Waals surface area contributed by atoms with Crippen LogP contribution in [0, 0.1) is 0 Å². The summed E-state index contributed by atoms with van der Waals surface area (Å²) in [5.41, 5.74) is 0. The zero-order chi connectivity index (χ0) is 13.8. The smallest absolute Gasteiger partial charge is 0.0589 e. The molecule has 4 nitrogen and oxygen atoms in total. The molecule has 1 N–H and O–H groups in total. The third kappa shape index (κ3) is 10.3. The van der Waals surface area contributed by atoms with Crippen LogP contribution in [0.5, 0.6) is 0 Å². The van der Waals surface area contributed by atoms with E-state index < -0.39 is 0 Å². The molecule has 0 amide bonds. The molecule has 0 unspecified atom stereocenters. The fourth-order valence-corrected chi connectivity index (χ4v) is 2.22. The third-order valence-corrected chi connectivity index (χ3v) is 3.60. The van der Waals surface area contributed by atoms with Crippen molar-refractivity contribution < 1.29 is 9.47 Å². The lowest BCUT2D eigenvalue weighted by molar-refractivity contribution is 0.131. The molecule has 1 saturated carbocycles. The molecule has 4 heteroatoms. The molecular formula is C15H32N2O2. The molecule has 0 aromatic heterocycles. The van der Waals surface area contributed by atoms with Gasteiger partial charge in [0.15, 0.2) is 0 Å². The second-order valence-corrected chi connectivity index (χ2v) is 5.47. The molecule has 0 aromatic carbocycles. The number of ether oxygens (including phenoxy) is 2. The summed E-state index contributed by atoms with van der Waals surface area (Å²) in [5, 5.41) is 3.57. The Morgan fingerprint density at radius 2 is 1.63 bits per heavy atom. The molecule has 114 valence electrons. The lowest BCUT2D eigenvalue weighted by atomic mass is 10.2. The molecule has 1 fully saturated rings. The Kier molecular flexibility index (Phi) is 10.4. The zero-order valence-electron chi connectivity index (χ0n) is 12.8. The number of hydrogen-bond donors (Lipinski definition) is 1. The summed E-state index contributed by atoms with van der Waals surface area (Å²) in [5.74, 6) is 0. The highest BCUT2D eigenvalue weighted by molar-refractivity contribution is 4.80. The van der Waals surface area contributed by atoms with E-state index in [4.69, 9.17) is 9.47 Å². The Morgan fingerprint density at radius 3 is 2.32 bits per heavy atom. The van der Waals surface area contributed by atoms with Crippen molar-refractivity contribution in [3.8, 4) is 0 Å². The number of unbranched alkanes of at least 4 members (excludes halogenated alkanes) is 2. The minimum Gasteiger partial charge on any atom is -0.385 e. The van der Waals surface area contributed by atoms with Gasteiger partial charge in [-0.25, -0.2) is 0 Å². The molecule has 0 atom stereocenters. The van der Waals surface area contributed by atoms with Crippen LogP contribution >= 0.6 is 0 Å². The van der Waals surface area contributed by atoms with Crippen LogP contribution < -0.4 is 5.32 Å². The van der Waals surface area contributed by atoms with Crippen LogP contribution in [0.25, 0.3) is 0 Å². The first-order valence-electron chi connectivity index (χ1n) is 7.80. The lowest BCUT2D eigenvalue weighted by Crippen LogP contribution is -2.30. The Balaban J connectivity index is 1.94. The highest BCUT2D eigenvalue weighted by Crippen LogP contribution is 2.18. The van der Waals surface area contributed by atoms with Gasteiger partial charge in [-0.3, -0.25) is 0 Å². The highest BCUT2D eigenvalue weighted by atomic mass is 16.5. The molecule has 0 bridgehead atoms. The van der Waals surface area contributed by atoms with E-state index in [0.717, 1.165) is 38.8 Å². The average molecular weight is 272 g/mol. The van der Waals surface area contributed by atoms with Crippen molar-refractivity contribution in [3.63, 3.8) is 0 Å². The SMILES string of the molecule is COCCCN(CCCCCNC1CC1)CCOC. The van der Waals surface area contributed by atoms with Gasteiger partial charge < -0.3 is 19.7 Å². The average Bonchev–Trinajstić information content (AvgIpc) is 3.23. The highest BCUT2D eigenvalue weighted by Gasteiger charge is 2.19. The minimum absolute atomic E-state index is 0.830. The molecule has 0 aromatic rings. The number of nitrogens with zero attached hydrogens (tertiary/aromatic N) is 1. The summed E-state index contributed by atoms with van der Waals surface area (Å²) in [6, 6.07) is 0.854. The Hall–Kier alpha value is -0.160. The van der Waals surface area contributed by atoms with E-state index >= 15 is 0 Å². The van der Waals surface area contributed by atoms with Gasteiger partial charge in [0.1, 0.15) is 0 Å². The molecule has 0 radical (unpaired) electrons. The van der Waals surface area contributed by atoms with Gasteiger partial charge in [0, 0.05) is 40.0 Å². The second-order valence-electron chi connectivity index (χ2n) is 5.47. The van der Waals surface area contributed by atoms with Crippen LogP contribution in [-0.4, -0.2) is 64.6 Å². The van der Waals surface area contributed by atoms with Crippen molar-refractivity contribution in [2.45, 2.75) is 44.6 Å². The quantitative estimate of drug-likeness (QED) is 0.490. The first kappa shape index (κ1) is 16.9. The van der Waals surface area contributed by atoms with Crippen molar-refractivity contribution in [1.82, 2.24) is 10.2 Å². The fourth-order valence-electron chi connectivity index (χ4n) is 2.22. The van der Waals surface area contributed by atoms with E-state index in [1.165, 1.54) is 45.2 Å². The molecule has 1 rings (SSSR count). The standard InChI is InChI=1S/C15H32N2O2/c1-18-13-6-11-17(12-14-19-2)10-5-3-4-9-16-15-7-8-15/h15-16H,3-14H2,1-2H3. The number of nitrogens with one attached hydrogen (secondary N) is 1. The third-order valence-electron chi connectivity index (χ3n) is 3.60. The van der Waals surface area contributed by atoms with Crippen molar-refractivity contribution in [1.29, 1.82) is 0 Å². The summed E-state index contributed by atoms with van der Waals surface area (Å²) in [6.07, 6.45) is 7.83. The van der Waals surface area contributed by atoms with E-state index in [9.17, 15) is 0 Å². The summed E-state index contributed by atoms with van der Waals surface area (Å²) in [4.78, 5) is 2.50. The summed E-state index contributed by atoms with van der Waals surface area (Å²) < 4.78 is 10.3. The maximum absolute atomic E-state index is 5.17. The van der Waals surface area contributed by atoms with Crippen molar-refractivity contribution in [2.75, 3.05) is 53.6 Å². The predicted octanol–water partition coefficient (Wildman–Crippen LogP) is 1.89. The van der Waals surface area contributed by atoms with Gasteiger partial charge >= 0.3 is 0 Å². The van der Waals surface area contributed by atoms with Gasteiger partial charge in [0.2, 0.25) is 0 Å². The zero-order valence-corrected chi connectivity index (χ0v) is 12.8. The maximum atomic E-state index is 5.17. The topological polar surface area (TPSA) is 33.7 Å². The van der Waals surface area contributed by atoms with Gasteiger partial charge in [-0.05, 0) is 45.2 Å². The van der Waals surface area contributed by atoms with Gasteiger partial charge in [-0.1, -0.05) is 6.42 Å². The number of methoxy groups -OCH3 is 2. The molecule has 0 saturated heterocycles. The normalized spacial score (nSPS) is 15.3. The molecule has 0 heterocycles. The number of hydrogen-bond acceptors (Lipinski definition) is 4. The minimum atomic E-state index is 0.830. The van der Waals surface area contributed by atoms with Crippen molar-refractivity contribution >= 4 is 0 Å².